The van der Waals surface area contributed by atoms with Gasteiger partial charge in [0.25, 0.3) is 5.91 Å². The molecule has 0 unspecified atom stereocenters. The summed E-state index contributed by atoms with van der Waals surface area (Å²) in [6.45, 7) is 2.10. The first-order valence-electron chi connectivity index (χ1n) is 12.3. The van der Waals surface area contributed by atoms with Gasteiger partial charge in [-0.1, -0.05) is 84.0 Å². The standard InChI is InChI=1S/C30H28N2O5/c1-19-25(26(33)28(34)31-18-15-20-5-3-2-4-6-20)27(37-32-19)23-9-7-21(8-10-23)22-11-13-24(14-12-22)30(16-17-30)29(35)36/h2-14,26,33H,15-18H2,1H3,(H,31,34)(H,35,36)/t26-/m1/s1. The van der Waals surface area contributed by atoms with Crippen LogP contribution in [0, 0.1) is 6.92 Å². The molecule has 1 aromatic heterocycles. The Balaban J connectivity index is 1.29. The first-order chi connectivity index (χ1) is 17.9. The van der Waals surface area contributed by atoms with Crippen LogP contribution in [0.3, 0.4) is 0 Å². The summed E-state index contributed by atoms with van der Waals surface area (Å²) < 4.78 is 5.51. The Kier molecular flexibility index (Phi) is 6.63. The largest absolute Gasteiger partial charge is 0.481 e. The van der Waals surface area contributed by atoms with E-state index in [1.54, 1.807) is 6.92 Å². The molecule has 7 nitrogen and oxygen atoms in total. The minimum atomic E-state index is -1.41. The van der Waals surface area contributed by atoms with Crippen LogP contribution in [0.15, 0.2) is 83.4 Å². The van der Waals surface area contributed by atoms with Crippen LogP contribution in [0.1, 0.15) is 41.3 Å². The van der Waals surface area contributed by atoms with E-state index in [9.17, 15) is 19.8 Å². The number of hydrogen-bond acceptors (Lipinski definition) is 5. The van der Waals surface area contributed by atoms with Gasteiger partial charge in [-0.15, -0.1) is 0 Å². The monoisotopic (exact) mass is 496 g/mol. The number of aliphatic hydroxyl groups is 1. The smallest absolute Gasteiger partial charge is 0.314 e. The maximum absolute atomic E-state index is 12.7. The highest BCUT2D eigenvalue weighted by Gasteiger charge is 2.51. The number of carboxylic acid groups (broad SMARTS) is 1. The van der Waals surface area contributed by atoms with Crippen molar-refractivity contribution in [1.29, 1.82) is 0 Å². The normalized spacial score (nSPS) is 14.6. The van der Waals surface area contributed by atoms with Crippen LogP contribution < -0.4 is 5.32 Å². The van der Waals surface area contributed by atoms with Crippen molar-refractivity contribution >= 4 is 11.9 Å². The van der Waals surface area contributed by atoms with Crippen LogP contribution in [0.4, 0.5) is 0 Å². The Bertz CT molecular complexity index is 1400. The molecule has 0 spiro atoms. The summed E-state index contributed by atoms with van der Waals surface area (Å²) in [6.07, 6.45) is 0.598. The molecule has 3 aromatic carbocycles. The molecule has 5 rings (SSSR count). The van der Waals surface area contributed by atoms with Gasteiger partial charge in [0, 0.05) is 12.1 Å². The summed E-state index contributed by atoms with van der Waals surface area (Å²) >= 11 is 0. The summed E-state index contributed by atoms with van der Waals surface area (Å²) in [5.41, 5.74) is 4.61. The van der Waals surface area contributed by atoms with E-state index in [1.807, 2.05) is 78.9 Å². The Labute approximate surface area is 214 Å². The number of hydrogen-bond donors (Lipinski definition) is 3. The predicted octanol–water partition coefficient (Wildman–Crippen LogP) is 4.83. The lowest BCUT2D eigenvalue weighted by molar-refractivity contribution is -0.140. The number of aliphatic hydroxyl groups excluding tert-OH is 1. The second-order valence-electron chi connectivity index (χ2n) is 9.48. The lowest BCUT2D eigenvalue weighted by atomic mass is 9.93. The van der Waals surface area contributed by atoms with Gasteiger partial charge in [-0.25, -0.2) is 0 Å². The SMILES string of the molecule is Cc1noc(-c2ccc(-c3ccc(C4(C(=O)O)CC4)cc3)cc2)c1[C@@H](O)C(=O)NCCc1ccccc1. The Hall–Kier alpha value is -4.23. The molecule has 4 aromatic rings. The van der Waals surface area contributed by atoms with Crippen LogP contribution >= 0.6 is 0 Å². The van der Waals surface area contributed by atoms with Gasteiger partial charge < -0.3 is 20.1 Å². The molecular formula is C30H28N2O5. The molecule has 0 aliphatic heterocycles. The van der Waals surface area contributed by atoms with Crippen molar-refractivity contribution in [3.05, 3.63) is 101 Å². The minimum absolute atomic E-state index is 0.345. The number of nitrogens with zero attached hydrogens (tertiary/aromatic N) is 1. The van der Waals surface area contributed by atoms with Crippen molar-refractivity contribution in [2.45, 2.75) is 37.7 Å². The molecule has 0 bridgehead atoms. The molecule has 3 N–H and O–H groups in total. The molecule has 1 saturated carbocycles. The summed E-state index contributed by atoms with van der Waals surface area (Å²) in [5, 5.41) is 27.1. The van der Waals surface area contributed by atoms with Crippen molar-refractivity contribution in [2.75, 3.05) is 6.54 Å². The van der Waals surface area contributed by atoms with E-state index in [0.29, 0.717) is 48.4 Å². The van der Waals surface area contributed by atoms with E-state index >= 15 is 0 Å². The highest BCUT2D eigenvalue weighted by Crippen LogP contribution is 2.48. The summed E-state index contributed by atoms with van der Waals surface area (Å²) in [4.78, 5) is 24.3. The number of benzene rings is 3. The summed E-state index contributed by atoms with van der Waals surface area (Å²) in [5.74, 6) is -0.924. The van der Waals surface area contributed by atoms with Gasteiger partial charge in [0.05, 0.1) is 16.7 Å². The molecule has 188 valence electrons. The van der Waals surface area contributed by atoms with Crippen LogP contribution in [0.25, 0.3) is 22.5 Å². The van der Waals surface area contributed by atoms with Gasteiger partial charge in [-0.2, -0.15) is 0 Å². The van der Waals surface area contributed by atoms with Crippen LogP contribution in [-0.4, -0.2) is 33.8 Å². The fraction of sp³-hybridized carbons (Fsp3) is 0.233. The van der Waals surface area contributed by atoms with Gasteiger partial charge >= 0.3 is 5.97 Å². The number of rotatable bonds is 9. The topological polar surface area (TPSA) is 113 Å². The number of aromatic nitrogens is 1. The van der Waals surface area contributed by atoms with Gasteiger partial charge in [0.1, 0.15) is 0 Å². The van der Waals surface area contributed by atoms with Gasteiger partial charge in [0.15, 0.2) is 11.9 Å². The first-order valence-corrected chi connectivity index (χ1v) is 12.3. The molecular weight excluding hydrogens is 468 g/mol. The highest BCUT2D eigenvalue weighted by atomic mass is 16.5. The fourth-order valence-electron chi connectivity index (χ4n) is 4.66. The molecule has 1 aliphatic rings. The fourth-order valence-corrected chi connectivity index (χ4v) is 4.66. The van der Waals surface area contributed by atoms with E-state index in [2.05, 4.69) is 10.5 Å². The third-order valence-electron chi connectivity index (χ3n) is 7.06. The first kappa shape index (κ1) is 24.5. The van der Waals surface area contributed by atoms with E-state index in [1.165, 1.54) is 0 Å². The Morgan fingerprint density at radius 2 is 1.54 bits per heavy atom. The number of carboxylic acids is 1. The molecule has 1 amide bonds. The zero-order chi connectivity index (χ0) is 26.0. The van der Waals surface area contributed by atoms with Crippen molar-refractivity contribution in [2.24, 2.45) is 0 Å². The minimum Gasteiger partial charge on any atom is -0.481 e. The van der Waals surface area contributed by atoms with E-state index in [4.69, 9.17) is 4.52 Å². The maximum atomic E-state index is 12.7. The number of aryl methyl sites for hydroxylation is 1. The Morgan fingerprint density at radius 3 is 2.14 bits per heavy atom. The molecule has 7 heteroatoms. The molecule has 0 saturated heterocycles. The zero-order valence-corrected chi connectivity index (χ0v) is 20.5. The third-order valence-corrected chi connectivity index (χ3v) is 7.06. The molecule has 1 fully saturated rings. The number of carbonyl (C=O) groups is 2. The lowest BCUT2D eigenvalue weighted by Crippen LogP contribution is -2.31. The molecule has 1 heterocycles. The summed E-state index contributed by atoms with van der Waals surface area (Å²) in [7, 11) is 0. The average Bonchev–Trinajstić information content (AvgIpc) is 3.66. The Morgan fingerprint density at radius 1 is 0.946 bits per heavy atom. The predicted molar refractivity (Wildman–Crippen MR) is 139 cm³/mol. The van der Waals surface area contributed by atoms with Crippen LogP contribution in [-0.2, 0) is 21.4 Å². The second kappa shape index (κ2) is 10.0. The van der Waals surface area contributed by atoms with Gasteiger partial charge in [-0.05, 0) is 48.4 Å². The van der Waals surface area contributed by atoms with Crippen LogP contribution in [0.2, 0.25) is 0 Å². The maximum Gasteiger partial charge on any atom is 0.314 e. The van der Waals surface area contributed by atoms with Gasteiger partial charge in [-0.3, -0.25) is 9.59 Å². The van der Waals surface area contributed by atoms with E-state index in [-0.39, 0.29) is 0 Å². The zero-order valence-electron chi connectivity index (χ0n) is 20.5. The number of aliphatic carboxylic acids is 1. The number of carbonyl (C=O) groups excluding carboxylic acids is 1. The van der Waals surface area contributed by atoms with Crippen molar-refractivity contribution in [3.8, 4) is 22.5 Å². The molecule has 1 atom stereocenters. The second-order valence-corrected chi connectivity index (χ2v) is 9.48. The van der Waals surface area contributed by atoms with Crippen molar-refractivity contribution < 1.29 is 24.3 Å². The third kappa shape index (κ3) is 4.90. The molecule has 37 heavy (non-hydrogen) atoms. The highest BCUT2D eigenvalue weighted by molar-refractivity contribution is 5.86. The number of nitrogens with one attached hydrogen (secondary N) is 1. The van der Waals surface area contributed by atoms with E-state index in [0.717, 1.165) is 22.3 Å². The van der Waals surface area contributed by atoms with Crippen molar-refractivity contribution in [3.63, 3.8) is 0 Å². The quantitative estimate of drug-likeness (QED) is 0.306. The summed E-state index contributed by atoms with van der Waals surface area (Å²) in [6, 6.07) is 25.0. The number of amides is 1. The van der Waals surface area contributed by atoms with E-state index < -0.39 is 23.4 Å². The molecule has 1 aliphatic carbocycles. The lowest BCUT2D eigenvalue weighted by Gasteiger charge is -2.13. The van der Waals surface area contributed by atoms with Crippen LogP contribution in [0.5, 0.6) is 0 Å². The van der Waals surface area contributed by atoms with Crippen molar-refractivity contribution in [1.82, 2.24) is 10.5 Å². The van der Waals surface area contributed by atoms with Gasteiger partial charge in [0.2, 0.25) is 0 Å². The average molecular weight is 497 g/mol. The molecule has 0 radical (unpaired) electrons.